The molecule has 9 nitrogen and oxygen atoms in total. The molecule has 1 aliphatic rings. The van der Waals surface area contributed by atoms with Crippen molar-refractivity contribution in [1.29, 1.82) is 0 Å². The monoisotopic (exact) mass is 356 g/mol. The van der Waals surface area contributed by atoms with Crippen molar-refractivity contribution in [2.45, 2.75) is 39.2 Å². The Morgan fingerprint density at radius 3 is 2.42 bits per heavy atom. The van der Waals surface area contributed by atoms with E-state index in [0.29, 0.717) is 19.4 Å². The van der Waals surface area contributed by atoms with Gasteiger partial charge < -0.3 is 9.84 Å². The van der Waals surface area contributed by atoms with Gasteiger partial charge in [-0.15, -0.1) is 0 Å². The molecule has 1 atom stereocenters. The summed E-state index contributed by atoms with van der Waals surface area (Å²) in [5.74, 6) is -1.35. The first-order valence-electron chi connectivity index (χ1n) is 7.50. The van der Waals surface area contributed by atoms with Crippen molar-refractivity contribution in [2.75, 3.05) is 13.1 Å². The SMILES string of the molecule is CC(C)(C)OC(=O)N1CCCCN1C(=O)c1nn(P)cc(O)c1=O. The van der Waals surface area contributed by atoms with E-state index in [0.717, 1.165) is 15.7 Å². The average Bonchev–Trinajstić information content (AvgIpc) is 2.48. The van der Waals surface area contributed by atoms with Gasteiger partial charge in [0.2, 0.25) is 5.69 Å². The van der Waals surface area contributed by atoms with Gasteiger partial charge in [0.05, 0.1) is 6.20 Å². The van der Waals surface area contributed by atoms with Gasteiger partial charge in [0.1, 0.15) is 5.60 Å². The summed E-state index contributed by atoms with van der Waals surface area (Å²) in [6.45, 7) is 5.74. The van der Waals surface area contributed by atoms with Crippen LogP contribution in [0, 0.1) is 0 Å². The Bertz CT molecular complexity index is 712. The fraction of sp³-hybridized carbons (Fsp3) is 0.571. The molecule has 1 aromatic rings. The third-order valence-electron chi connectivity index (χ3n) is 3.24. The quantitative estimate of drug-likeness (QED) is 0.752. The summed E-state index contributed by atoms with van der Waals surface area (Å²) in [5.41, 5.74) is -2.05. The molecule has 24 heavy (non-hydrogen) atoms. The highest BCUT2D eigenvalue weighted by molar-refractivity contribution is 7.14. The second kappa shape index (κ2) is 6.76. The van der Waals surface area contributed by atoms with Gasteiger partial charge >= 0.3 is 6.09 Å². The lowest BCUT2D eigenvalue weighted by Gasteiger charge is -2.38. The summed E-state index contributed by atoms with van der Waals surface area (Å²) in [7, 11) is 2.14. The number of rotatable bonds is 1. The van der Waals surface area contributed by atoms with Gasteiger partial charge in [-0.05, 0) is 43.0 Å². The maximum Gasteiger partial charge on any atom is 0.429 e. The number of aromatic hydroxyl groups is 1. The van der Waals surface area contributed by atoms with Gasteiger partial charge in [0.25, 0.3) is 11.3 Å². The minimum Gasteiger partial charge on any atom is -0.503 e. The third-order valence-corrected chi connectivity index (χ3v) is 3.50. The first-order valence-corrected chi connectivity index (χ1v) is 8.02. The Labute approximate surface area is 141 Å². The molecule has 1 aliphatic heterocycles. The van der Waals surface area contributed by atoms with Crippen LogP contribution < -0.4 is 5.43 Å². The summed E-state index contributed by atoms with van der Waals surface area (Å²) >= 11 is 0. The highest BCUT2D eigenvalue weighted by Gasteiger charge is 2.34. The maximum absolute atomic E-state index is 12.7. The Morgan fingerprint density at radius 2 is 1.83 bits per heavy atom. The van der Waals surface area contributed by atoms with E-state index in [1.165, 1.54) is 5.01 Å². The van der Waals surface area contributed by atoms with Crippen LogP contribution in [0.3, 0.4) is 0 Å². The standard InChI is InChI=1S/C14H21N4O5P/c1-14(2,3)23-13(22)17-7-5-4-6-16(17)12(21)10-11(20)9(19)8-18(24)15-10/h8,19H,4-7,24H2,1-3H3. The molecule has 2 rings (SSSR count). The molecule has 1 saturated heterocycles. The number of nitrogens with zero attached hydrogens (tertiary/aromatic N) is 4. The van der Waals surface area contributed by atoms with Gasteiger partial charge in [-0.2, -0.15) is 5.10 Å². The van der Waals surface area contributed by atoms with E-state index in [1.807, 2.05) is 0 Å². The second-order valence-corrected chi connectivity index (χ2v) is 6.94. The van der Waals surface area contributed by atoms with E-state index in [2.05, 4.69) is 14.5 Å². The van der Waals surface area contributed by atoms with Crippen molar-refractivity contribution in [3.8, 4) is 5.75 Å². The molecule has 0 aliphatic carbocycles. The lowest BCUT2D eigenvalue weighted by atomic mass is 10.2. The number of carbonyl (C=O) groups is 2. The van der Waals surface area contributed by atoms with E-state index in [-0.39, 0.29) is 6.54 Å². The first kappa shape index (κ1) is 18.2. The number of ether oxygens (including phenoxy) is 1. The average molecular weight is 356 g/mol. The summed E-state index contributed by atoms with van der Waals surface area (Å²) < 4.78 is 6.40. The van der Waals surface area contributed by atoms with E-state index in [1.54, 1.807) is 20.8 Å². The van der Waals surface area contributed by atoms with Crippen LogP contribution in [0.1, 0.15) is 44.1 Å². The maximum atomic E-state index is 12.7. The minimum absolute atomic E-state index is 0.256. The predicted octanol–water partition coefficient (Wildman–Crippen LogP) is 0.975. The Balaban J connectivity index is 2.32. The van der Waals surface area contributed by atoms with Gasteiger partial charge in [-0.1, -0.05) is 0 Å². The number of hydrogen-bond acceptors (Lipinski definition) is 6. The number of aromatic nitrogens is 2. The van der Waals surface area contributed by atoms with Crippen LogP contribution >= 0.6 is 9.39 Å². The molecular formula is C14H21N4O5P. The van der Waals surface area contributed by atoms with E-state index in [9.17, 15) is 19.5 Å². The molecule has 10 heteroatoms. The van der Waals surface area contributed by atoms with Crippen molar-refractivity contribution in [1.82, 2.24) is 19.6 Å². The molecular weight excluding hydrogens is 335 g/mol. The number of amides is 2. The lowest BCUT2D eigenvalue weighted by Crippen LogP contribution is -2.55. The fourth-order valence-electron chi connectivity index (χ4n) is 2.24. The summed E-state index contributed by atoms with van der Waals surface area (Å²) in [6, 6.07) is 0. The van der Waals surface area contributed by atoms with Crippen molar-refractivity contribution >= 4 is 21.4 Å². The zero-order valence-corrected chi connectivity index (χ0v) is 15.0. The van der Waals surface area contributed by atoms with Crippen LogP contribution in [0.5, 0.6) is 5.75 Å². The summed E-state index contributed by atoms with van der Waals surface area (Å²) in [5, 5.41) is 15.7. The summed E-state index contributed by atoms with van der Waals surface area (Å²) in [4.78, 5) is 37.0. The Morgan fingerprint density at radius 1 is 1.25 bits per heavy atom. The first-order chi connectivity index (χ1) is 11.1. The normalized spacial score (nSPS) is 15.3. The van der Waals surface area contributed by atoms with E-state index < -0.39 is 34.5 Å². The Hall–Kier alpha value is -2.15. The lowest BCUT2D eigenvalue weighted by molar-refractivity contribution is -0.0508. The fourth-order valence-corrected chi connectivity index (χ4v) is 2.49. The van der Waals surface area contributed by atoms with Crippen LogP contribution in [0.2, 0.25) is 0 Å². The van der Waals surface area contributed by atoms with Crippen LogP contribution in [0.25, 0.3) is 0 Å². The minimum atomic E-state index is -0.881. The zero-order chi connectivity index (χ0) is 18.1. The molecule has 1 aromatic heterocycles. The topological polar surface area (TPSA) is 105 Å². The van der Waals surface area contributed by atoms with Crippen molar-refractivity contribution in [2.24, 2.45) is 0 Å². The molecule has 0 aromatic carbocycles. The van der Waals surface area contributed by atoms with Crippen LogP contribution in [0.4, 0.5) is 4.79 Å². The zero-order valence-electron chi connectivity index (χ0n) is 13.9. The predicted molar refractivity (Wildman–Crippen MR) is 88.5 cm³/mol. The second-order valence-electron chi connectivity index (χ2n) is 6.41. The highest BCUT2D eigenvalue weighted by atomic mass is 31.0. The van der Waals surface area contributed by atoms with Crippen LogP contribution in [-0.4, -0.2) is 55.4 Å². The van der Waals surface area contributed by atoms with Crippen LogP contribution in [-0.2, 0) is 4.74 Å². The largest absolute Gasteiger partial charge is 0.503 e. The molecule has 0 bridgehead atoms. The summed E-state index contributed by atoms with van der Waals surface area (Å²) in [6.07, 6.45) is 1.80. The van der Waals surface area contributed by atoms with Crippen molar-refractivity contribution in [3.63, 3.8) is 0 Å². The molecule has 2 amide bonds. The Kier molecular flexibility index (Phi) is 5.13. The molecule has 0 spiro atoms. The molecule has 0 radical (unpaired) electrons. The molecule has 2 heterocycles. The van der Waals surface area contributed by atoms with E-state index >= 15 is 0 Å². The molecule has 1 fully saturated rings. The number of carbonyl (C=O) groups excluding carboxylic acids is 2. The van der Waals surface area contributed by atoms with Gasteiger partial charge in [-0.3, -0.25) is 14.0 Å². The van der Waals surface area contributed by atoms with Crippen LogP contribution in [0.15, 0.2) is 11.0 Å². The van der Waals surface area contributed by atoms with Crippen molar-refractivity contribution in [3.05, 3.63) is 22.1 Å². The molecule has 1 unspecified atom stereocenters. The molecule has 1 N–H and O–H groups in total. The molecule has 0 saturated carbocycles. The van der Waals surface area contributed by atoms with Gasteiger partial charge in [0, 0.05) is 13.1 Å². The smallest absolute Gasteiger partial charge is 0.429 e. The van der Waals surface area contributed by atoms with Crippen molar-refractivity contribution < 1.29 is 19.4 Å². The van der Waals surface area contributed by atoms with Gasteiger partial charge in [-0.25, -0.2) is 14.8 Å². The number of hydrazine groups is 1. The number of hydrogen-bond donors (Lipinski definition) is 1. The van der Waals surface area contributed by atoms with Gasteiger partial charge in [0.15, 0.2) is 5.75 Å². The third kappa shape index (κ3) is 4.03. The highest BCUT2D eigenvalue weighted by Crippen LogP contribution is 2.18. The van der Waals surface area contributed by atoms with E-state index in [4.69, 9.17) is 4.74 Å². The molecule has 132 valence electrons.